The third-order valence-electron chi connectivity index (χ3n) is 5.98. The highest BCUT2D eigenvalue weighted by Crippen LogP contribution is 2.49. The van der Waals surface area contributed by atoms with Crippen molar-refractivity contribution in [3.8, 4) is 0 Å². The van der Waals surface area contributed by atoms with E-state index in [1.807, 2.05) is 28.4 Å². The highest BCUT2D eigenvalue weighted by atomic mass is 29.3. The lowest BCUT2D eigenvalue weighted by atomic mass is 10.0. The van der Waals surface area contributed by atoms with E-state index in [0.717, 1.165) is 0 Å². The first kappa shape index (κ1) is 18.6. The van der Waals surface area contributed by atoms with Crippen LogP contribution in [0.2, 0.25) is 11.1 Å². The summed E-state index contributed by atoms with van der Waals surface area (Å²) in [6.07, 6.45) is 12.7. The molecule has 0 aromatic heterocycles. The van der Waals surface area contributed by atoms with Gasteiger partial charge < -0.3 is 17.7 Å². The number of rotatable bonds is 7. The first-order valence-corrected chi connectivity index (χ1v) is 13.7. The highest BCUT2D eigenvalue weighted by molar-refractivity contribution is 7.33. The van der Waals surface area contributed by atoms with Crippen LogP contribution in [0.1, 0.15) is 64.2 Å². The summed E-state index contributed by atoms with van der Waals surface area (Å²) in [5, 5.41) is 0. The van der Waals surface area contributed by atoms with Gasteiger partial charge in [-0.05, 0) is 25.7 Å². The van der Waals surface area contributed by atoms with Gasteiger partial charge in [-0.2, -0.15) is 0 Å². The van der Waals surface area contributed by atoms with Crippen molar-refractivity contribution in [1.29, 1.82) is 0 Å². The van der Waals surface area contributed by atoms with E-state index >= 15 is 0 Å². The maximum Gasteiger partial charge on any atom is 0.387 e. The molecule has 2 rings (SSSR count). The average molecular weight is 347 g/mol. The van der Waals surface area contributed by atoms with Gasteiger partial charge >= 0.3 is 16.2 Å². The normalized spacial score (nSPS) is 22.9. The predicted molar refractivity (Wildman–Crippen MR) is 93.2 cm³/mol. The highest BCUT2D eigenvalue weighted by Gasteiger charge is 2.70. The van der Waals surface area contributed by atoms with Crippen LogP contribution in [0.4, 0.5) is 0 Å². The van der Waals surface area contributed by atoms with Gasteiger partial charge in [0.2, 0.25) is 0 Å². The maximum atomic E-state index is 6.26. The Morgan fingerprint density at radius 3 is 1.00 bits per heavy atom. The van der Waals surface area contributed by atoms with Gasteiger partial charge in [-0.1, -0.05) is 38.5 Å². The van der Waals surface area contributed by atoms with Gasteiger partial charge in [0.05, 0.1) is 0 Å². The summed E-state index contributed by atoms with van der Waals surface area (Å²) in [5.74, 6) is 0. The summed E-state index contributed by atoms with van der Waals surface area (Å²) in [4.78, 5) is 0. The lowest BCUT2D eigenvalue weighted by Gasteiger charge is -2.50. The first-order valence-electron chi connectivity index (χ1n) is 8.91. The first-order chi connectivity index (χ1) is 10.7. The summed E-state index contributed by atoms with van der Waals surface area (Å²) in [6, 6.07) is 0. The van der Waals surface area contributed by atoms with E-state index in [9.17, 15) is 0 Å². The fourth-order valence-corrected chi connectivity index (χ4v) is 19.8. The molecule has 0 bridgehead atoms. The average Bonchev–Trinajstić information content (AvgIpc) is 2.61. The second kappa shape index (κ2) is 8.39. The van der Waals surface area contributed by atoms with Crippen molar-refractivity contribution in [1.82, 2.24) is 0 Å². The third-order valence-corrected chi connectivity index (χ3v) is 20.5. The zero-order valence-corrected chi connectivity index (χ0v) is 16.9. The molecular formula is C16H34O4Si2. The van der Waals surface area contributed by atoms with Crippen LogP contribution in [0.25, 0.3) is 0 Å². The van der Waals surface area contributed by atoms with E-state index < -0.39 is 16.2 Å². The molecule has 0 atom stereocenters. The summed E-state index contributed by atoms with van der Waals surface area (Å²) in [7, 11) is 2.33. The van der Waals surface area contributed by atoms with Crippen molar-refractivity contribution in [2.24, 2.45) is 0 Å². The molecule has 0 saturated heterocycles. The summed E-state index contributed by atoms with van der Waals surface area (Å²) in [6.45, 7) is 0. The van der Waals surface area contributed by atoms with Crippen LogP contribution >= 0.6 is 0 Å². The summed E-state index contributed by atoms with van der Waals surface area (Å²) >= 11 is 0. The van der Waals surface area contributed by atoms with Crippen LogP contribution in [0.5, 0.6) is 0 Å². The van der Waals surface area contributed by atoms with E-state index in [4.69, 9.17) is 17.7 Å². The van der Waals surface area contributed by atoms with Gasteiger partial charge in [-0.3, -0.25) is 0 Å². The SMILES string of the molecule is CO[Si](OC)(C1CCCCC1)[Si](OC)(OC)C1CCCCC1. The van der Waals surface area contributed by atoms with E-state index in [0.29, 0.717) is 11.1 Å². The van der Waals surface area contributed by atoms with Crippen molar-refractivity contribution in [3.63, 3.8) is 0 Å². The molecule has 0 aromatic carbocycles. The molecule has 0 unspecified atom stereocenters. The molecule has 6 heteroatoms. The Morgan fingerprint density at radius 1 is 0.500 bits per heavy atom. The van der Waals surface area contributed by atoms with Crippen LogP contribution in [0.15, 0.2) is 0 Å². The Morgan fingerprint density at radius 2 is 0.773 bits per heavy atom. The molecule has 2 aliphatic rings. The van der Waals surface area contributed by atoms with Gasteiger partial charge in [-0.15, -0.1) is 0 Å². The molecule has 22 heavy (non-hydrogen) atoms. The quantitative estimate of drug-likeness (QED) is 0.647. The van der Waals surface area contributed by atoms with Crippen molar-refractivity contribution in [2.45, 2.75) is 75.3 Å². The molecule has 4 nitrogen and oxygen atoms in total. The van der Waals surface area contributed by atoms with E-state index in [1.54, 1.807) is 0 Å². The molecule has 0 spiro atoms. The number of hydrogen-bond donors (Lipinski definition) is 0. The van der Waals surface area contributed by atoms with Crippen molar-refractivity contribution in [3.05, 3.63) is 0 Å². The molecule has 0 radical (unpaired) electrons. The maximum absolute atomic E-state index is 6.26. The fraction of sp³-hybridized carbons (Fsp3) is 1.00. The minimum Gasteiger partial charge on any atom is -0.397 e. The van der Waals surface area contributed by atoms with Crippen molar-refractivity contribution >= 4 is 16.2 Å². The van der Waals surface area contributed by atoms with E-state index in [2.05, 4.69) is 0 Å². The Balaban J connectivity index is 2.38. The zero-order valence-electron chi connectivity index (χ0n) is 14.9. The van der Waals surface area contributed by atoms with Gasteiger partial charge in [0.1, 0.15) is 0 Å². The Bertz CT molecular complexity index is 288. The van der Waals surface area contributed by atoms with E-state index in [-0.39, 0.29) is 0 Å². The van der Waals surface area contributed by atoms with Crippen LogP contribution in [0, 0.1) is 0 Å². The lowest BCUT2D eigenvalue weighted by Crippen LogP contribution is -2.73. The molecule has 130 valence electrons. The molecule has 0 amide bonds. The van der Waals surface area contributed by atoms with Gasteiger partial charge in [0.15, 0.2) is 0 Å². The molecular weight excluding hydrogens is 312 g/mol. The zero-order chi connectivity index (χ0) is 16.1. The van der Waals surface area contributed by atoms with Gasteiger partial charge in [0, 0.05) is 39.5 Å². The molecule has 0 heterocycles. The van der Waals surface area contributed by atoms with Crippen LogP contribution < -0.4 is 0 Å². The fourth-order valence-electron chi connectivity index (χ4n) is 4.94. The van der Waals surface area contributed by atoms with E-state index in [1.165, 1.54) is 64.2 Å². The molecule has 0 aromatic rings. The Kier molecular flexibility index (Phi) is 7.10. The molecule has 2 aliphatic carbocycles. The molecule has 0 aliphatic heterocycles. The van der Waals surface area contributed by atoms with Crippen LogP contribution in [-0.4, -0.2) is 44.6 Å². The molecule has 2 fully saturated rings. The largest absolute Gasteiger partial charge is 0.397 e. The molecule has 2 saturated carbocycles. The molecule has 0 N–H and O–H groups in total. The van der Waals surface area contributed by atoms with Crippen LogP contribution in [0.3, 0.4) is 0 Å². The lowest BCUT2D eigenvalue weighted by molar-refractivity contribution is 0.174. The van der Waals surface area contributed by atoms with Crippen molar-refractivity contribution < 1.29 is 17.7 Å². The minimum absolute atomic E-state index is 0.518. The third kappa shape index (κ3) is 3.10. The topological polar surface area (TPSA) is 36.9 Å². The number of hydrogen-bond acceptors (Lipinski definition) is 4. The second-order valence-corrected chi connectivity index (χ2v) is 16.9. The van der Waals surface area contributed by atoms with Crippen molar-refractivity contribution in [2.75, 3.05) is 28.4 Å². The second-order valence-electron chi connectivity index (χ2n) is 6.82. The predicted octanol–water partition coefficient (Wildman–Crippen LogP) is 4.20. The van der Waals surface area contributed by atoms with Gasteiger partial charge in [-0.25, -0.2) is 0 Å². The smallest absolute Gasteiger partial charge is 0.387 e. The minimum atomic E-state index is -2.52. The van der Waals surface area contributed by atoms with Crippen LogP contribution in [-0.2, 0) is 17.7 Å². The van der Waals surface area contributed by atoms with Gasteiger partial charge in [0.25, 0.3) is 0 Å². The summed E-state index contributed by atoms with van der Waals surface area (Å²) in [5.41, 5.74) is 1.04. The Labute approximate surface area is 138 Å². The Hall–Kier alpha value is 0.274. The monoisotopic (exact) mass is 346 g/mol. The standard InChI is InChI=1S/C16H34O4Si2/c1-17-21(18-2,15-11-7-5-8-12-15)22(19-3,20-4)16-13-9-6-10-14-16/h15-16H,5-14H2,1-4H3. The summed E-state index contributed by atoms with van der Waals surface area (Å²) < 4.78 is 25.0.